The largest absolute Gasteiger partial charge is 0.309 e. The molecule has 0 heterocycles. The summed E-state index contributed by atoms with van der Waals surface area (Å²) in [6, 6.07) is 2.57. The highest BCUT2D eigenvalue weighted by atomic mass is 15.1. The van der Waals surface area contributed by atoms with Crippen molar-refractivity contribution < 1.29 is 0 Å². The van der Waals surface area contributed by atoms with Gasteiger partial charge in [0.15, 0.2) is 0 Å². The quantitative estimate of drug-likeness (QED) is 0.701. The van der Waals surface area contributed by atoms with Crippen molar-refractivity contribution in [2.24, 2.45) is 5.92 Å². The molecule has 0 aromatic rings. The Balaban J connectivity index is 2.34. The van der Waals surface area contributed by atoms with Crippen LogP contribution in [0, 0.1) is 17.2 Å². The second kappa shape index (κ2) is 8.61. The third-order valence-electron chi connectivity index (χ3n) is 4.52. The molecule has 0 bridgehead atoms. The highest BCUT2D eigenvalue weighted by molar-refractivity contribution is 5.14. The van der Waals surface area contributed by atoms with Gasteiger partial charge in [-0.2, -0.15) is 5.26 Å². The van der Waals surface area contributed by atoms with Crippen molar-refractivity contribution >= 4 is 0 Å². The Morgan fingerprint density at radius 2 is 2.00 bits per heavy atom. The fraction of sp³-hybridized carbons (Fsp3) is 0.938. The van der Waals surface area contributed by atoms with Crippen molar-refractivity contribution in [1.29, 1.82) is 5.26 Å². The molecule has 0 aromatic carbocycles. The van der Waals surface area contributed by atoms with Crippen LogP contribution in [0.2, 0.25) is 0 Å². The van der Waals surface area contributed by atoms with Crippen LogP contribution in [0.4, 0.5) is 0 Å². The smallest absolute Gasteiger partial charge is 0.109 e. The zero-order valence-electron chi connectivity index (χ0n) is 13.8. The molecule has 0 radical (unpaired) electrons. The van der Waals surface area contributed by atoms with Gasteiger partial charge in [0.2, 0.25) is 0 Å². The van der Waals surface area contributed by atoms with Gasteiger partial charge in [-0.3, -0.25) is 5.32 Å². The Bertz CT molecular complexity index is 310. The molecule has 1 N–H and O–H groups in total. The molecule has 1 aliphatic carbocycles. The van der Waals surface area contributed by atoms with Crippen LogP contribution in [0.25, 0.3) is 0 Å². The molecular formula is C16H32N4. The van der Waals surface area contributed by atoms with E-state index in [0.29, 0.717) is 5.92 Å². The molecule has 4 heteroatoms. The minimum absolute atomic E-state index is 0.251. The van der Waals surface area contributed by atoms with Gasteiger partial charge in [0.05, 0.1) is 6.07 Å². The number of nitrogens with one attached hydrogen (secondary N) is 1. The number of hydrogen-bond donors (Lipinski definition) is 1. The van der Waals surface area contributed by atoms with Gasteiger partial charge in [0.25, 0.3) is 0 Å². The van der Waals surface area contributed by atoms with E-state index in [2.05, 4.69) is 49.3 Å². The first kappa shape index (κ1) is 17.4. The van der Waals surface area contributed by atoms with Crippen LogP contribution in [-0.2, 0) is 0 Å². The Morgan fingerprint density at radius 1 is 1.25 bits per heavy atom. The SMILES string of the molecule is CCNC1(C#N)CCCC1CCN(C)CCCN(C)C. The molecule has 116 valence electrons. The Kier molecular flexibility index (Phi) is 7.50. The predicted molar refractivity (Wildman–Crippen MR) is 84.6 cm³/mol. The number of nitrogens with zero attached hydrogens (tertiary/aromatic N) is 3. The normalized spacial score (nSPS) is 26.4. The first-order valence-electron chi connectivity index (χ1n) is 8.03. The fourth-order valence-corrected chi connectivity index (χ4v) is 3.35. The third kappa shape index (κ3) is 5.05. The van der Waals surface area contributed by atoms with Crippen molar-refractivity contribution in [3.8, 4) is 6.07 Å². The van der Waals surface area contributed by atoms with Gasteiger partial charge in [0, 0.05) is 0 Å². The lowest BCUT2D eigenvalue weighted by atomic mass is 9.85. The molecule has 2 unspecified atom stereocenters. The summed E-state index contributed by atoms with van der Waals surface area (Å²) in [7, 11) is 6.44. The van der Waals surface area contributed by atoms with Crippen LogP contribution in [0.15, 0.2) is 0 Å². The van der Waals surface area contributed by atoms with E-state index < -0.39 is 0 Å². The van der Waals surface area contributed by atoms with Crippen molar-refractivity contribution in [2.45, 2.75) is 44.6 Å². The van der Waals surface area contributed by atoms with Gasteiger partial charge in [-0.25, -0.2) is 0 Å². The first-order chi connectivity index (χ1) is 9.54. The lowest BCUT2D eigenvalue weighted by Gasteiger charge is -2.31. The molecular weight excluding hydrogens is 248 g/mol. The van der Waals surface area contributed by atoms with E-state index in [1.54, 1.807) is 0 Å². The molecule has 1 rings (SSSR count). The second-order valence-corrected chi connectivity index (χ2v) is 6.45. The van der Waals surface area contributed by atoms with Crippen molar-refractivity contribution in [3.05, 3.63) is 0 Å². The summed E-state index contributed by atoms with van der Waals surface area (Å²) in [6.07, 6.45) is 5.76. The van der Waals surface area contributed by atoms with E-state index >= 15 is 0 Å². The molecule has 0 aromatic heterocycles. The Morgan fingerprint density at radius 3 is 2.60 bits per heavy atom. The summed E-state index contributed by atoms with van der Waals surface area (Å²) >= 11 is 0. The summed E-state index contributed by atoms with van der Waals surface area (Å²) in [6.45, 7) is 6.39. The predicted octanol–water partition coefficient (Wildman–Crippen LogP) is 1.93. The zero-order chi connectivity index (χ0) is 15.0. The van der Waals surface area contributed by atoms with Gasteiger partial charge < -0.3 is 9.80 Å². The minimum atomic E-state index is -0.251. The maximum absolute atomic E-state index is 9.55. The molecule has 4 nitrogen and oxygen atoms in total. The molecule has 20 heavy (non-hydrogen) atoms. The highest BCUT2D eigenvalue weighted by Gasteiger charge is 2.42. The first-order valence-corrected chi connectivity index (χ1v) is 8.03. The summed E-state index contributed by atoms with van der Waals surface area (Å²) in [5.41, 5.74) is -0.251. The molecule has 0 aliphatic heterocycles. The van der Waals surface area contributed by atoms with Crippen LogP contribution >= 0.6 is 0 Å². The summed E-state index contributed by atoms with van der Waals surface area (Å²) in [4.78, 5) is 4.65. The van der Waals surface area contributed by atoms with Crippen molar-refractivity contribution in [1.82, 2.24) is 15.1 Å². The molecule has 0 amide bonds. The van der Waals surface area contributed by atoms with Crippen LogP contribution in [0.1, 0.15) is 39.0 Å². The lowest BCUT2D eigenvalue weighted by molar-refractivity contribution is 0.243. The topological polar surface area (TPSA) is 42.3 Å². The second-order valence-electron chi connectivity index (χ2n) is 6.45. The summed E-state index contributed by atoms with van der Waals surface area (Å²) in [5.74, 6) is 0.517. The average molecular weight is 280 g/mol. The van der Waals surface area contributed by atoms with Crippen LogP contribution < -0.4 is 5.32 Å². The maximum Gasteiger partial charge on any atom is 0.109 e. The molecule has 1 aliphatic rings. The maximum atomic E-state index is 9.55. The van der Waals surface area contributed by atoms with E-state index in [0.717, 1.165) is 39.0 Å². The summed E-state index contributed by atoms with van der Waals surface area (Å²) in [5, 5.41) is 13.0. The molecule has 0 saturated heterocycles. The Labute approximate surface area is 125 Å². The van der Waals surface area contributed by atoms with Gasteiger partial charge in [-0.1, -0.05) is 13.3 Å². The fourth-order valence-electron chi connectivity index (χ4n) is 3.35. The van der Waals surface area contributed by atoms with E-state index in [4.69, 9.17) is 0 Å². The van der Waals surface area contributed by atoms with Crippen molar-refractivity contribution in [2.75, 3.05) is 47.3 Å². The number of rotatable bonds is 9. The van der Waals surface area contributed by atoms with Gasteiger partial charge in [0.1, 0.15) is 5.54 Å². The number of nitriles is 1. The Hall–Kier alpha value is -0.630. The van der Waals surface area contributed by atoms with Crippen LogP contribution in [0.5, 0.6) is 0 Å². The minimum Gasteiger partial charge on any atom is -0.309 e. The van der Waals surface area contributed by atoms with Gasteiger partial charge >= 0.3 is 0 Å². The lowest BCUT2D eigenvalue weighted by Crippen LogP contribution is -2.47. The molecule has 1 fully saturated rings. The van der Waals surface area contributed by atoms with Gasteiger partial charge in [-0.15, -0.1) is 0 Å². The highest BCUT2D eigenvalue weighted by Crippen LogP contribution is 2.37. The zero-order valence-corrected chi connectivity index (χ0v) is 13.8. The van der Waals surface area contributed by atoms with Crippen LogP contribution in [-0.4, -0.2) is 62.7 Å². The number of hydrogen-bond acceptors (Lipinski definition) is 4. The molecule has 1 saturated carbocycles. The van der Waals surface area contributed by atoms with Crippen LogP contribution in [0.3, 0.4) is 0 Å². The van der Waals surface area contributed by atoms with E-state index in [1.807, 2.05) is 0 Å². The van der Waals surface area contributed by atoms with E-state index in [1.165, 1.54) is 19.3 Å². The average Bonchev–Trinajstić information content (AvgIpc) is 2.80. The third-order valence-corrected chi connectivity index (χ3v) is 4.52. The van der Waals surface area contributed by atoms with E-state index in [-0.39, 0.29) is 5.54 Å². The monoisotopic (exact) mass is 280 g/mol. The van der Waals surface area contributed by atoms with E-state index in [9.17, 15) is 5.26 Å². The van der Waals surface area contributed by atoms with Crippen molar-refractivity contribution in [3.63, 3.8) is 0 Å². The molecule has 0 spiro atoms. The molecule has 2 atom stereocenters. The summed E-state index contributed by atoms with van der Waals surface area (Å²) < 4.78 is 0. The van der Waals surface area contributed by atoms with Gasteiger partial charge in [-0.05, 0) is 78.9 Å². The standard InChI is InChI=1S/C16H32N4/c1-5-18-16(14-17)10-6-8-15(16)9-13-20(4)12-7-11-19(2)3/h15,18H,5-13H2,1-4H3.